The summed E-state index contributed by atoms with van der Waals surface area (Å²) in [6.45, 7) is 4.00. The molecule has 0 saturated heterocycles. The zero-order valence-electron chi connectivity index (χ0n) is 7.54. The van der Waals surface area contributed by atoms with Crippen molar-refractivity contribution in [2.45, 2.75) is 13.8 Å². The Morgan fingerprint density at radius 1 is 0.818 bits per heavy atom. The Hall–Kier alpha value is 1.43. The Kier molecular flexibility index (Phi) is 46.8. The van der Waals surface area contributed by atoms with Crippen molar-refractivity contribution >= 4 is 0 Å². The fraction of sp³-hybridized carbons (Fsp3) is 0.222. The quantitative estimate of drug-likeness (QED) is 0.646. The summed E-state index contributed by atoms with van der Waals surface area (Å²) in [5, 5.41) is 0. The van der Waals surface area contributed by atoms with Crippen LogP contribution in [0.3, 0.4) is 0 Å². The van der Waals surface area contributed by atoms with Crippen LogP contribution in [0.15, 0.2) is 30.3 Å². The van der Waals surface area contributed by atoms with Gasteiger partial charge in [0.25, 0.3) is 0 Å². The molecule has 0 atom stereocenters. The maximum atomic E-state index is 2.89. The second-order valence-corrected chi connectivity index (χ2v) is 1.08. The molecule has 2 heteroatoms. The molecule has 58 valence electrons. The third-order valence-corrected chi connectivity index (χ3v) is 0.607. The van der Waals surface area contributed by atoms with E-state index in [1.165, 1.54) is 0 Å². The second kappa shape index (κ2) is 22.5. The summed E-state index contributed by atoms with van der Waals surface area (Å²) >= 11 is 0. The van der Waals surface area contributed by atoms with E-state index in [1.807, 2.05) is 44.2 Å². The number of rotatable bonds is 0. The van der Waals surface area contributed by atoms with Crippen LogP contribution in [0.5, 0.6) is 0 Å². The average Bonchev–Trinajstić information content (AvgIpc) is 1.96. The van der Waals surface area contributed by atoms with Gasteiger partial charge < -0.3 is 7.43 Å². The van der Waals surface area contributed by atoms with Gasteiger partial charge in [-0.25, -0.2) is 0 Å². The van der Waals surface area contributed by atoms with Crippen molar-refractivity contribution in [2.75, 3.05) is 0 Å². The van der Waals surface area contributed by atoms with Gasteiger partial charge in [0.1, 0.15) is 0 Å². The van der Waals surface area contributed by atoms with Gasteiger partial charge in [-0.2, -0.15) is 36.4 Å². The molecule has 1 aromatic carbocycles. The van der Waals surface area contributed by atoms with Crippen molar-refractivity contribution in [1.29, 1.82) is 0 Å². The number of hydrogen-bond donors (Lipinski definition) is 0. The maximum Gasteiger partial charge on any atom is 0 e. The standard InChI is InChI=1S/C6H5.C2H6.CH3.2Y/c1-2-4-6-5-3-1;1-2;;;/h1-5H;1-2H3;1H3;;/q-1;;-1;;. The van der Waals surface area contributed by atoms with Gasteiger partial charge in [-0.1, -0.05) is 13.8 Å². The molecule has 1 rings (SSSR count). The molecule has 0 aliphatic rings. The molecule has 0 unspecified atom stereocenters. The van der Waals surface area contributed by atoms with Crippen LogP contribution in [0.1, 0.15) is 13.8 Å². The largest absolute Gasteiger partial charge is 0.358 e. The fourth-order valence-corrected chi connectivity index (χ4v) is 0.342. The number of benzene rings is 1. The van der Waals surface area contributed by atoms with Gasteiger partial charge in [0.2, 0.25) is 0 Å². The van der Waals surface area contributed by atoms with Gasteiger partial charge in [0, 0.05) is 65.4 Å². The molecule has 0 spiro atoms. The molecule has 0 N–H and O–H groups in total. The molecular weight excluding hydrogens is 286 g/mol. The monoisotopic (exact) mass is 300 g/mol. The van der Waals surface area contributed by atoms with Crippen molar-refractivity contribution in [2.24, 2.45) is 0 Å². The van der Waals surface area contributed by atoms with Gasteiger partial charge in [0.15, 0.2) is 0 Å². The Bertz CT molecular complexity index is 79.5. The minimum Gasteiger partial charge on any atom is -0.358 e. The Morgan fingerprint density at radius 3 is 1.27 bits per heavy atom. The van der Waals surface area contributed by atoms with Crippen LogP contribution >= 0.6 is 0 Å². The van der Waals surface area contributed by atoms with Crippen LogP contribution in [0.4, 0.5) is 0 Å². The first-order valence-electron chi connectivity index (χ1n) is 2.91. The van der Waals surface area contributed by atoms with Crippen molar-refractivity contribution in [3.8, 4) is 0 Å². The Labute approximate surface area is 121 Å². The van der Waals surface area contributed by atoms with E-state index < -0.39 is 0 Å². The summed E-state index contributed by atoms with van der Waals surface area (Å²) in [5.74, 6) is 0. The van der Waals surface area contributed by atoms with Crippen LogP contribution < -0.4 is 0 Å². The molecule has 1 aromatic rings. The first-order valence-corrected chi connectivity index (χ1v) is 2.91. The van der Waals surface area contributed by atoms with Crippen LogP contribution in [0.25, 0.3) is 0 Å². The zero-order chi connectivity index (χ0) is 6.24. The van der Waals surface area contributed by atoms with Gasteiger partial charge in [0.05, 0.1) is 0 Å². The SMILES string of the molecule is CC.[CH3-].[Y].[Y].[c-]1ccccc1. The molecule has 0 amide bonds. The van der Waals surface area contributed by atoms with Crippen molar-refractivity contribution in [3.63, 3.8) is 0 Å². The molecule has 0 aromatic heterocycles. The van der Waals surface area contributed by atoms with Crippen molar-refractivity contribution in [3.05, 3.63) is 43.8 Å². The van der Waals surface area contributed by atoms with E-state index >= 15 is 0 Å². The van der Waals surface area contributed by atoms with E-state index in [0.717, 1.165) is 0 Å². The van der Waals surface area contributed by atoms with E-state index in [-0.39, 0.29) is 72.8 Å². The predicted molar refractivity (Wildman–Crippen MR) is 43.0 cm³/mol. The minimum absolute atomic E-state index is 0. The molecule has 0 aliphatic carbocycles. The summed E-state index contributed by atoms with van der Waals surface area (Å²) in [6, 6.07) is 12.5. The Balaban J connectivity index is -0.0000000459. The van der Waals surface area contributed by atoms with Crippen LogP contribution in [-0.2, 0) is 65.4 Å². The molecule has 0 aliphatic heterocycles. The molecule has 0 fully saturated rings. The molecule has 0 heterocycles. The minimum atomic E-state index is 0. The normalized spacial score (nSPS) is 4.91. The molecular formula is C9H14Y2-2. The van der Waals surface area contributed by atoms with Crippen molar-refractivity contribution in [1.82, 2.24) is 0 Å². The van der Waals surface area contributed by atoms with E-state index in [0.29, 0.717) is 0 Å². The zero-order valence-corrected chi connectivity index (χ0v) is 13.2. The molecule has 11 heavy (non-hydrogen) atoms. The molecule has 0 bridgehead atoms. The fourth-order valence-electron chi connectivity index (χ4n) is 0.342. The summed E-state index contributed by atoms with van der Waals surface area (Å²) < 4.78 is 0. The van der Waals surface area contributed by atoms with E-state index in [4.69, 9.17) is 0 Å². The summed E-state index contributed by atoms with van der Waals surface area (Å²) in [4.78, 5) is 0. The van der Waals surface area contributed by atoms with Gasteiger partial charge in [-0.05, 0) is 0 Å². The smallest absolute Gasteiger partial charge is 0 e. The van der Waals surface area contributed by atoms with Crippen molar-refractivity contribution < 1.29 is 65.4 Å². The first-order chi connectivity index (χ1) is 4.00. The molecule has 2 radical (unpaired) electrons. The predicted octanol–water partition coefficient (Wildman–Crippen LogP) is 2.96. The third-order valence-electron chi connectivity index (χ3n) is 0.607. The Morgan fingerprint density at radius 2 is 1.18 bits per heavy atom. The van der Waals surface area contributed by atoms with Crippen LogP contribution in [0, 0.1) is 13.5 Å². The third kappa shape index (κ3) is 18.4. The van der Waals surface area contributed by atoms with E-state index in [1.54, 1.807) is 0 Å². The van der Waals surface area contributed by atoms with Crippen LogP contribution in [-0.4, -0.2) is 0 Å². The summed E-state index contributed by atoms with van der Waals surface area (Å²) in [5.41, 5.74) is 0. The first kappa shape index (κ1) is 22.9. The van der Waals surface area contributed by atoms with E-state index in [9.17, 15) is 0 Å². The number of hydrogen-bond acceptors (Lipinski definition) is 0. The second-order valence-electron chi connectivity index (χ2n) is 1.08. The summed E-state index contributed by atoms with van der Waals surface area (Å²) in [7, 11) is 0. The average molecular weight is 300 g/mol. The van der Waals surface area contributed by atoms with E-state index in [2.05, 4.69) is 6.07 Å². The molecule has 0 saturated carbocycles. The van der Waals surface area contributed by atoms with Gasteiger partial charge in [-0.15, -0.1) is 0 Å². The molecule has 0 nitrogen and oxygen atoms in total. The van der Waals surface area contributed by atoms with Crippen LogP contribution in [0.2, 0.25) is 0 Å². The topological polar surface area (TPSA) is 0 Å². The van der Waals surface area contributed by atoms with Gasteiger partial charge in [-0.3, -0.25) is 0 Å². The van der Waals surface area contributed by atoms with Gasteiger partial charge >= 0.3 is 0 Å². The summed E-state index contributed by atoms with van der Waals surface area (Å²) in [6.07, 6.45) is 0. The maximum absolute atomic E-state index is 2.89.